The summed E-state index contributed by atoms with van der Waals surface area (Å²) in [6.07, 6.45) is 2.91. The van der Waals surface area contributed by atoms with Crippen LogP contribution in [-0.2, 0) is 35.4 Å². The van der Waals surface area contributed by atoms with Crippen LogP contribution in [0.5, 0.6) is 5.75 Å². The van der Waals surface area contributed by atoms with E-state index in [1.165, 1.54) is 12.1 Å². The highest BCUT2D eigenvalue weighted by molar-refractivity contribution is 7.93. The lowest BCUT2D eigenvalue weighted by atomic mass is 9.95. The summed E-state index contributed by atoms with van der Waals surface area (Å²) in [5.74, 6) is -0.0926. The monoisotopic (exact) mass is 622 g/mol. The van der Waals surface area contributed by atoms with Crippen LogP contribution in [0, 0.1) is 0 Å². The maximum Gasteiger partial charge on any atom is 0.265 e. The van der Waals surface area contributed by atoms with E-state index in [0.29, 0.717) is 58.0 Å². The van der Waals surface area contributed by atoms with E-state index in [1.54, 1.807) is 19.2 Å². The summed E-state index contributed by atoms with van der Waals surface area (Å²) in [7, 11) is -2.44. The third kappa shape index (κ3) is 7.68. The van der Waals surface area contributed by atoms with Crippen molar-refractivity contribution in [1.29, 1.82) is 0 Å². The van der Waals surface area contributed by atoms with Crippen molar-refractivity contribution in [2.75, 3.05) is 46.6 Å². The molecule has 1 N–H and O–H groups in total. The zero-order chi connectivity index (χ0) is 30.8. The number of hydrogen-bond donors (Lipinski definition) is 1. The van der Waals surface area contributed by atoms with Gasteiger partial charge < -0.3 is 19.1 Å². The second-order valence-electron chi connectivity index (χ2n) is 11.3. The molecule has 2 heterocycles. The van der Waals surface area contributed by atoms with Crippen LogP contribution >= 0.6 is 0 Å². The molecule has 2 aliphatic rings. The van der Waals surface area contributed by atoms with Crippen molar-refractivity contribution in [1.82, 2.24) is 10.4 Å². The third-order valence-electron chi connectivity index (χ3n) is 8.45. The van der Waals surface area contributed by atoms with E-state index >= 15 is 0 Å². The van der Waals surface area contributed by atoms with E-state index in [1.807, 2.05) is 24.3 Å². The molecule has 1 unspecified atom stereocenters. The Kier molecular flexibility index (Phi) is 11.1. The maximum absolute atomic E-state index is 14.2. The number of sulfone groups is 1. The predicted octanol–water partition coefficient (Wildman–Crippen LogP) is 4.80. The van der Waals surface area contributed by atoms with Gasteiger partial charge in [-0.15, -0.1) is 0 Å². The van der Waals surface area contributed by atoms with Crippen LogP contribution < -0.4 is 10.2 Å². The largest absolute Gasteiger partial charge is 0.493 e. The molecule has 44 heavy (non-hydrogen) atoms. The van der Waals surface area contributed by atoms with Gasteiger partial charge in [0.15, 0.2) is 20.9 Å². The number of methoxy groups -OCH3 is 1. The molecule has 0 radical (unpaired) electrons. The van der Waals surface area contributed by atoms with E-state index in [-0.39, 0.29) is 17.7 Å². The number of hydrogen-bond acceptors (Lipinski definition) is 8. The number of amides is 1. The van der Waals surface area contributed by atoms with E-state index in [9.17, 15) is 13.2 Å². The zero-order valence-corrected chi connectivity index (χ0v) is 26.1. The molecule has 0 aromatic heterocycles. The highest BCUT2D eigenvalue weighted by Gasteiger charge is 2.53. The minimum Gasteiger partial charge on any atom is -0.493 e. The topological polar surface area (TPSA) is 103 Å². The Balaban J connectivity index is 1.25. The van der Waals surface area contributed by atoms with Gasteiger partial charge in [0.25, 0.3) is 5.91 Å². The third-order valence-corrected chi connectivity index (χ3v) is 11.0. The van der Waals surface area contributed by atoms with Gasteiger partial charge in [-0.2, -0.15) is 0 Å². The zero-order valence-electron chi connectivity index (χ0n) is 25.3. The summed E-state index contributed by atoms with van der Waals surface area (Å²) >= 11 is 0. The van der Waals surface area contributed by atoms with Crippen LogP contribution in [0.2, 0.25) is 0 Å². The lowest BCUT2D eigenvalue weighted by Crippen LogP contribution is -2.58. The quantitative estimate of drug-likeness (QED) is 0.271. The molecular formula is C34H42N2O7S. The Bertz CT molecular complexity index is 1450. The number of piperidine rings is 1. The maximum atomic E-state index is 14.2. The summed E-state index contributed by atoms with van der Waals surface area (Å²) in [5.41, 5.74) is 5.91. The fourth-order valence-corrected chi connectivity index (χ4v) is 7.71. The van der Waals surface area contributed by atoms with Crippen LogP contribution in [-0.4, -0.2) is 76.8 Å². The number of hydroxylamine groups is 1. The van der Waals surface area contributed by atoms with Crippen LogP contribution in [0.1, 0.15) is 37.7 Å². The molecule has 5 rings (SSSR count). The Morgan fingerprint density at radius 3 is 2.41 bits per heavy atom. The molecule has 3 aromatic rings. The minimum absolute atomic E-state index is 0.0785. The molecule has 0 saturated carbocycles. The van der Waals surface area contributed by atoms with Gasteiger partial charge >= 0.3 is 0 Å². The number of carbonyl (C=O) groups is 1. The van der Waals surface area contributed by atoms with Gasteiger partial charge in [-0.25, -0.2) is 18.7 Å². The Morgan fingerprint density at radius 1 is 0.955 bits per heavy atom. The molecule has 2 aliphatic heterocycles. The van der Waals surface area contributed by atoms with Crippen LogP contribution in [0.3, 0.4) is 0 Å². The fraction of sp³-hybridized carbons (Fsp3) is 0.441. The first-order valence-corrected chi connectivity index (χ1v) is 16.8. The van der Waals surface area contributed by atoms with E-state index < -0.39 is 26.8 Å². The first-order valence-electron chi connectivity index (χ1n) is 15.3. The van der Waals surface area contributed by atoms with Crippen molar-refractivity contribution in [3.8, 4) is 16.9 Å². The molecule has 0 spiro atoms. The molecule has 0 aliphatic carbocycles. The summed E-state index contributed by atoms with van der Waals surface area (Å²) in [4.78, 5) is 21.4. The van der Waals surface area contributed by atoms with Crippen molar-refractivity contribution in [3.05, 3.63) is 84.4 Å². The average molecular weight is 623 g/mol. The number of benzene rings is 3. The average Bonchev–Trinajstić information content (AvgIpc) is 3.07. The van der Waals surface area contributed by atoms with Crippen molar-refractivity contribution in [2.24, 2.45) is 0 Å². The Labute approximate surface area is 260 Å². The first-order chi connectivity index (χ1) is 21.4. The minimum atomic E-state index is -4.08. The lowest BCUT2D eigenvalue weighted by molar-refractivity contribution is -0.202. The summed E-state index contributed by atoms with van der Waals surface area (Å²) in [6, 6.07) is 24.9. The van der Waals surface area contributed by atoms with E-state index in [0.717, 1.165) is 29.5 Å². The molecule has 2 saturated heterocycles. The highest BCUT2D eigenvalue weighted by Crippen LogP contribution is 2.37. The van der Waals surface area contributed by atoms with Gasteiger partial charge in [-0.05, 0) is 66.6 Å². The van der Waals surface area contributed by atoms with Gasteiger partial charge in [-0.3, -0.25) is 4.79 Å². The number of carbonyl (C=O) groups excluding carboxylic acids is 1. The van der Waals surface area contributed by atoms with Crippen LogP contribution in [0.15, 0.2) is 83.8 Å². The number of nitrogens with zero attached hydrogens (tertiary/aromatic N) is 1. The van der Waals surface area contributed by atoms with E-state index in [4.69, 9.17) is 19.0 Å². The molecule has 1 atom stereocenters. The second-order valence-corrected chi connectivity index (χ2v) is 13.6. The number of nitrogens with one attached hydrogen (secondary N) is 1. The van der Waals surface area contributed by atoms with Crippen molar-refractivity contribution in [2.45, 2.75) is 54.5 Å². The number of ether oxygens (including phenoxy) is 3. The molecular weight excluding hydrogens is 580 g/mol. The highest BCUT2D eigenvalue weighted by atomic mass is 32.2. The SMILES string of the molecule is COCCN1CCC(C(=O)NOC2CCCCO2)(S(=O)(=O)c2ccc(OCCc3cccc(-c4ccccc4)c3)cc2)CC1. The van der Waals surface area contributed by atoms with Crippen LogP contribution in [0.4, 0.5) is 0 Å². The molecule has 10 heteroatoms. The summed E-state index contributed by atoms with van der Waals surface area (Å²) in [6.45, 7) is 3.09. The van der Waals surface area contributed by atoms with Gasteiger partial charge in [0.05, 0.1) is 18.1 Å². The lowest BCUT2D eigenvalue weighted by Gasteiger charge is -2.40. The fourth-order valence-electron chi connectivity index (χ4n) is 5.76. The number of rotatable bonds is 13. The van der Waals surface area contributed by atoms with Crippen LogP contribution in [0.25, 0.3) is 11.1 Å². The van der Waals surface area contributed by atoms with Gasteiger partial charge in [0, 0.05) is 46.2 Å². The smallest absolute Gasteiger partial charge is 0.265 e. The Morgan fingerprint density at radius 2 is 1.70 bits per heavy atom. The second kappa shape index (κ2) is 15.1. The Hall–Kier alpha value is -3.28. The molecule has 236 valence electrons. The van der Waals surface area contributed by atoms with Crippen molar-refractivity contribution >= 4 is 15.7 Å². The predicted molar refractivity (Wildman–Crippen MR) is 168 cm³/mol. The number of likely N-dealkylation sites (tertiary alicyclic amines) is 1. The van der Waals surface area contributed by atoms with Gasteiger partial charge in [0.2, 0.25) is 0 Å². The molecule has 0 bridgehead atoms. The summed E-state index contributed by atoms with van der Waals surface area (Å²) in [5, 5.41) is 0. The van der Waals surface area contributed by atoms with Crippen molar-refractivity contribution in [3.63, 3.8) is 0 Å². The normalized spacial score (nSPS) is 18.9. The standard InChI is InChI=1S/C34H42N2O7S/c1-40-25-22-36-20-18-34(19-21-36,33(37)35-43-32-12-5-6-23-42-32)44(38,39)31-15-13-30(14-16-31)41-24-17-27-8-7-11-29(26-27)28-9-3-2-4-10-28/h2-4,7-11,13-16,26,32H,5-6,12,17-25H2,1H3,(H,35,37). The molecule has 2 fully saturated rings. The molecule has 9 nitrogen and oxygen atoms in total. The van der Waals surface area contributed by atoms with Crippen molar-refractivity contribution < 1.29 is 32.3 Å². The van der Waals surface area contributed by atoms with Gasteiger partial charge in [-0.1, -0.05) is 54.6 Å². The van der Waals surface area contributed by atoms with E-state index in [2.05, 4.69) is 40.7 Å². The first kappa shape index (κ1) is 32.1. The van der Waals surface area contributed by atoms with Gasteiger partial charge in [0.1, 0.15) is 5.75 Å². The molecule has 3 aromatic carbocycles. The summed E-state index contributed by atoms with van der Waals surface area (Å²) < 4.78 is 43.3. The molecule has 1 amide bonds.